The third-order valence-corrected chi connectivity index (χ3v) is 5.84. The zero-order valence-corrected chi connectivity index (χ0v) is 29.2. The van der Waals surface area contributed by atoms with Crippen LogP contribution in [0.1, 0.15) is 104 Å². The van der Waals surface area contributed by atoms with E-state index in [9.17, 15) is 58.5 Å². The van der Waals surface area contributed by atoms with Gasteiger partial charge in [-0.3, -0.25) is 28.8 Å². The zero-order valence-electron chi connectivity index (χ0n) is 28.0. The van der Waals surface area contributed by atoms with E-state index in [1.807, 2.05) is 0 Å². The topological polar surface area (TPSA) is 311 Å². The Balaban J connectivity index is 0.000000743. The molecule has 0 heterocycles. The smallest absolute Gasteiger partial charge is 0.872 e. The van der Waals surface area contributed by atoms with Crippen LogP contribution in [0.4, 0.5) is 0 Å². The Kier molecular flexibility index (Phi) is 17.1. The second kappa shape index (κ2) is 19.6. The molecule has 0 spiro atoms. The molecule has 3 aromatic rings. The zero-order chi connectivity index (χ0) is 39.5. The molecule has 270 valence electrons. The molecular formula is C33H27AlO18. The number of carboxylic acid groups (broad SMARTS) is 3. The van der Waals surface area contributed by atoms with Gasteiger partial charge in [-0.2, -0.15) is 0 Å². The molecule has 0 saturated heterocycles. The van der Waals surface area contributed by atoms with Gasteiger partial charge >= 0.3 is 53.2 Å². The largest absolute Gasteiger partial charge is 3.00 e. The summed E-state index contributed by atoms with van der Waals surface area (Å²) in [4.78, 5) is 99.0. The van der Waals surface area contributed by atoms with Crippen LogP contribution in [0.5, 0.6) is 34.5 Å². The molecule has 0 unspecified atom stereocenters. The summed E-state index contributed by atoms with van der Waals surface area (Å²) >= 11 is 0. The molecule has 19 heteroatoms. The van der Waals surface area contributed by atoms with E-state index < -0.39 is 121 Å². The van der Waals surface area contributed by atoms with Gasteiger partial charge < -0.3 is 44.8 Å². The summed E-state index contributed by atoms with van der Waals surface area (Å²) in [7, 11) is 0. The minimum atomic E-state index is -1.39. The Morgan fingerprint density at radius 2 is 0.615 bits per heavy atom. The average molecular weight is 739 g/mol. The molecule has 0 amide bonds. The van der Waals surface area contributed by atoms with Crippen LogP contribution < -0.4 is 29.5 Å². The van der Waals surface area contributed by atoms with Gasteiger partial charge in [0.05, 0.1) is 16.7 Å². The standard InChI is InChI=1S/3C11H10O6.Al/c3*1-5(12)9-8(14)4-3-7(11(15)16)10(9)17-6(2)13;/h3*3-4,14H,1-2H3,(H,15,16);/q;;;+3/p-3. The van der Waals surface area contributed by atoms with Gasteiger partial charge in [-0.1, -0.05) is 35.4 Å². The predicted octanol–water partition coefficient (Wildman–Crippen LogP) is 1.38. The molecule has 0 aliphatic rings. The van der Waals surface area contributed by atoms with Gasteiger partial charge in [-0.05, 0) is 39.0 Å². The number of carboxylic acids is 3. The Bertz CT molecular complexity index is 1740. The van der Waals surface area contributed by atoms with Crippen LogP contribution >= 0.6 is 0 Å². The monoisotopic (exact) mass is 738 g/mol. The van der Waals surface area contributed by atoms with Crippen LogP contribution in [0.15, 0.2) is 36.4 Å². The predicted molar refractivity (Wildman–Crippen MR) is 168 cm³/mol. The van der Waals surface area contributed by atoms with Crippen LogP contribution in [0.2, 0.25) is 0 Å². The molecule has 0 radical (unpaired) electrons. The minimum Gasteiger partial charge on any atom is -0.872 e. The van der Waals surface area contributed by atoms with Crippen molar-refractivity contribution >= 4 is 70.5 Å². The Morgan fingerprint density at radius 3 is 0.750 bits per heavy atom. The van der Waals surface area contributed by atoms with E-state index in [1.165, 1.54) is 0 Å². The van der Waals surface area contributed by atoms with Crippen LogP contribution in [0.25, 0.3) is 0 Å². The normalized spacial score (nSPS) is 9.58. The molecule has 0 aromatic heterocycles. The second-order valence-corrected chi connectivity index (χ2v) is 9.81. The number of hydrogen-bond acceptors (Lipinski definition) is 15. The first kappa shape index (κ1) is 45.4. The van der Waals surface area contributed by atoms with E-state index >= 15 is 0 Å². The van der Waals surface area contributed by atoms with Crippen molar-refractivity contribution in [3.8, 4) is 34.5 Å². The van der Waals surface area contributed by atoms with Crippen LogP contribution in [0.3, 0.4) is 0 Å². The van der Waals surface area contributed by atoms with Crippen molar-refractivity contribution in [2.45, 2.75) is 41.5 Å². The molecule has 52 heavy (non-hydrogen) atoms. The molecule has 0 aliphatic carbocycles. The SMILES string of the molecule is CC(=O)Oc1c(C(=O)O)ccc([O-])c1C(C)=O.CC(=O)Oc1c(C(=O)O)ccc([O-])c1C(C)=O.CC(=O)Oc1c(C(=O)O)ccc([O-])c1C(C)=O.[Al+3]. The maximum absolute atomic E-state index is 11.4. The molecular weight excluding hydrogens is 711 g/mol. The van der Waals surface area contributed by atoms with E-state index in [0.717, 1.165) is 77.9 Å². The van der Waals surface area contributed by atoms with Gasteiger partial charge in [-0.15, -0.1) is 0 Å². The second-order valence-electron chi connectivity index (χ2n) is 9.81. The fraction of sp³-hybridized carbons (Fsp3) is 0.182. The molecule has 3 N–H and O–H groups in total. The molecule has 0 atom stereocenters. The van der Waals surface area contributed by atoms with Crippen molar-refractivity contribution in [3.05, 3.63) is 69.8 Å². The van der Waals surface area contributed by atoms with E-state index in [2.05, 4.69) is 14.2 Å². The Hall–Kier alpha value is -6.58. The van der Waals surface area contributed by atoms with Crippen LogP contribution in [0, 0.1) is 0 Å². The first-order valence-electron chi connectivity index (χ1n) is 13.8. The fourth-order valence-electron chi connectivity index (χ4n) is 3.95. The maximum Gasteiger partial charge on any atom is 3.00 e. The molecule has 0 saturated carbocycles. The van der Waals surface area contributed by atoms with Gasteiger partial charge in [0, 0.05) is 20.8 Å². The first-order valence-corrected chi connectivity index (χ1v) is 13.8. The summed E-state index contributed by atoms with van der Waals surface area (Å²) < 4.78 is 13.9. The number of ketones is 3. The van der Waals surface area contributed by atoms with Gasteiger partial charge in [-0.25, -0.2) is 14.4 Å². The number of Topliss-reactive ketones (excluding diaryl/α,β-unsaturated/α-hetero) is 3. The van der Waals surface area contributed by atoms with Crippen molar-refractivity contribution in [1.29, 1.82) is 0 Å². The fourth-order valence-corrected chi connectivity index (χ4v) is 3.95. The first-order chi connectivity index (χ1) is 23.5. The summed E-state index contributed by atoms with van der Waals surface area (Å²) in [5.74, 6) is -12.1. The summed E-state index contributed by atoms with van der Waals surface area (Å²) in [5.41, 5.74) is -2.49. The van der Waals surface area contributed by atoms with E-state index in [1.54, 1.807) is 0 Å². The Labute approximate surface area is 303 Å². The molecule has 0 aliphatic heterocycles. The van der Waals surface area contributed by atoms with Gasteiger partial charge in [0.25, 0.3) is 0 Å². The number of ether oxygens (including phenoxy) is 3. The molecule has 3 aromatic carbocycles. The van der Waals surface area contributed by atoms with Gasteiger partial charge in [0.1, 0.15) is 16.7 Å². The van der Waals surface area contributed by atoms with Crippen molar-refractivity contribution < 1.29 is 88.0 Å². The number of hydrogen-bond donors (Lipinski definition) is 3. The minimum absolute atomic E-state index is 0. The quantitative estimate of drug-likeness (QED) is 0.121. The summed E-state index contributed by atoms with van der Waals surface area (Å²) in [6, 6.07) is 5.84. The van der Waals surface area contributed by atoms with Crippen LogP contribution in [-0.4, -0.2) is 85.8 Å². The van der Waals surface area contributed by atoms with E-state index in [0.29, 0.717) is 0 Å². The van der Waals surface area contributed by atoms with E-state index in [-0.39, 0.29) is 17.4 Å². The van der Waals surface area contributed by atoms with Crippen molar-refractivity contribution in [2.24, 2.45) is 0 Å². The van der Waals surface area contributed by atoms with Gasteiger partial charge in [0.15, 0.2) is 34.6 Å². The van der Waals surface area contributed by atoms with Crippen LogP contribution in [-0.2, 0) is 14.4 Å². The maximum atomic E-state index is 11.4. The molecule has 0 fully saturated rings. The number of esters is 3. The molecule has 18 nitrogen and oxygen atoms in total. The number of rotatable bonds is 9. The summed E-state index contributed by atoms with van der Waals surface area (Å²) in [6.07, 6.45) is 0. The number of carbonyl (C=O) groups excluding carboxylic acids is 6. The number of benzene rings is 3. The summed E-state index contributed by atoms with van der Waals surface area (Å²) in [5, 5.41) is 60.9. The van der Waals surface area contributed by atoms with Gasteiger partial charge in [0.2, 0.25) is 0 Å². The molecule has 0 bridgehead atoms. The van der Waals surface area contributed by atoms with Crippen molar-refractivity contribution in [2.75, 3.05) is 0 Å². The Morgan fingerprint density at radius 1 is 0.423 bits per heavy atom. The number of carbonyl (C=O) groups is 9. The molecule has 3 rings (SSSR count). The van der Waals surface area contributed by atoms with E-state index in [4.69, 9.17) is 15.3 Å². The van der Waals surface area contributed by atoms with Crippen molar-refractivity contribution in [1.82, 2.24) is 0 Å². The van der Waals surface area contributed by atoms with Crippen molar-refractivity contribution in [3.63, 3.8) is 0 Å². The number of aromatic carboxylic acids is 3. The summed E-state index contributed by atoms with van der Waals surface area (Å²) in [6.45, 7) is 6.42. The third-order valence-electron chi connectivity index (χ3n) is 5.84. The third kappa shape index (κ3) is 12.1. The average Bonchev–Trinajstić information content (AvgIpc) is 2.96.